The number of nitrogens with zero attached hydrogens (tertiary/aromatic N) is 4. The second-order valence-electron chi connectivity index (χ2n) is 4.17. The standard InChI is InChI=1S/C11H12ClN5O/c12-8-2-1-3-9(13)11(8)17-6-7(4-10(17)18)5-15-16-14/h1-3,7H,4-6,13H2. The molecule has 2 rings (SSSR count). The molecule has 94 valence electrons. The van der Waals surface area contributed by atoms with Crippen molar-refractivity contribution in [3.8, 4) is 0 Å². The summed E-state index contributed by atoms with van der Waals surface area (Å²) < 4.78 is 0. The van der Waals surface area contributed by atoms with Crippen LogP contribution in [-0.4, -0.2) is 19.0 Å². The van der Waals surface area contributed by atoms with Crippen molar-refractivity contribution >= 4 is 28.9 Å². The molecule has 1 aromatic rings. The molecule has 18 heavy (non-hydrogen) atoms. The Kier molecular flexibility index (Phi) is 3.60. The van der Waals surface area contributed by atoms with E-state index in [4.69, 9.17) is 22.9 Å². The van der Waals surface area contributed by atoms with Gasteiger partial charge in [-0.1, -0.05) is 22.8 Å². The van der Waals surface area contributed by atoms with Crippen molar-refractivity contribution in [2.24, 2.45) is 11.0 Å². The van der Waals surface area contributed by atoms with Gasteiger partial charge in [-0.25, -0.2) is 0 Å². The Morgan fingerprint density at radius 2 is 2.39 bits per heavy atom. The van der Waals surface area contributed by atoms with Gasteiger partial charge in [0, 0.05) is 24.4 Å². The highest BCUT2D eigenvalue weighted by Crippen LogP contribution is 2.35. The molecule has 1 amide bonds. The summed E-state index contributed by atoms with van der Waals surface area (Å²) >= 11 is 6.07. The van der Waals surface area contributed by atoms with Gasteiger partial charge in [-0.15, -0.1) is 0 Å². The average Bonchev–Trinajstić information content (AvgIpc) is 2.68. The van der Waals surface area contributed by atoms with Crippen LogP contribution in [0, 0.1) is 5.92 Å². The van der Waals surface area contributed by atoms with Crippen molar-refractivity contribution in [3.05, 3.63) is 33.7 Å². The zero-order valence-corrected chi connectivity index (χ0v) is 10.3. The van der Waals surface area contributed by atoms with Crippen molar-refractivity contribution in [3.63, 3.8) is 0 Å². The smallest absolute Gasteiger partial charge is 0.227 e. The average molecular weight is 266 g/mol. The Bertz CT molecular complexity index is 506. The number of amides is 1. The van der Waals surface area contributed by atoms with Crippen LogP contribution in [0.1, 0.15) is 6.42 Å². The van der Waals surface area contributed by atoms with Gasteiger partial charge in [0.05, 0.1) is 16.4 Å². The van der Waals surface area contributed by atoms with E-state index in [0.717, 1.165) is 0 Å². The van der Waals surface area contributed by atoms with Crippen molar-refractivity contribution in [1.82, 2.24) is 0 Å². The minimum Gasteiger partial charge on any atom is -0.397 e. The molecule has 0 saturated carbocycles. The van der Waals surface area contributed by atoms with Gasteiger partial charge in [0.15, 0.2) is 0 Å². The third kappa shape index (κ3) is 2.34. The molecular formula is C11H12ClN5O. The molecule has 0 spiro atoms. The predicted octanol–water partition coefficient (Wildman–Crippen LogP) is 2.59. The number of halogens is 1. The molecule has 1 aliphatic rings. The minimum atomic E-state index is -0.0482. The van der Waals surface area contributed by atoms with Gasteiger partial charge >= 0.3 is 0 Å². The van der Waals surface area contributed by atoms with E-state index in [1.165, 1.54) is 0 Å². The monoisotopic (exact) mass is 265 g/mol. The van der Waals surface area contributed by atoms with E-state index >= 15 is 0 Å². The summed E-state index contributed by atoms with van der Waals surface area (Å²) in [4.78, 5) is 16.2. The summed E-state index contributed by atoms with van der Waals surface area (Å²) in [6.45, 7) is 0.787. The number of hydrogen-bond donors (Lipinski definition) is 1. The molecule has 2 N–H and O–H groups in total. The van der Waals surface area contributed by atoms with E-state index in [9.17, 15) is 4.79 Å². The lowest BCUT2D eigenvalue weighted by Gasteiger charge is -2.19. The zero-order chi connectivity index (χ0) is 13.1. The maximum Gasteiger partial charge on any atom is 0.227 e. The lowest BCUT2D eigenvalue weighted by molar-refractivity contribution is -0.117. The highest BCUT2D eigenvalue weighted by molar-refractivity contribution is 6.34. The van der Waals surface area contributed by atoms with Crippen LogP contribution in [0.3, 0.4) is 0 Å². The lowest BCUT2D eigenvalue weighted by Crippen LogP contribution is -2.26. The second kappa shape index (κ2) is 5.16. The van der Waals surface area contributed by atoms with E-state index in [1.807, 2.05) is 0 Å². The number of carbonyl (C=O) groups is 1. The van der Waals surface area contributed by atoms with Gasteiger partial charge in [0.25, 0.3) is 0 Å². The molecule has 1 unspecified atom stereocenters. The third-order valence-corrected chi connectivity index (χ3v) is 3.20. The molecule has 0 bridgehead atoms. The minimum absolute atomic E-state index is 0.0177. The number of azide groups is 1. The fraction of sp³-hybridized carbons (Fsp3) is 0.364. The second-order valence-corrected chi connectivity index (χ2v) is 4.57. The quantitative estimate of drug-likeness (QED) is 0.393. The third-order valence-electron chi connectivity index (χ3n) is 2.90. The van der Waals surface area contributed by atoms with Crippen LogP contribution in [0.5, 0.6) is 0 Å². The summed E-state index contributed by atoms with van der Waals surface area (Å²) in [5.74, 6) is -0.0305. The Morgan fingerprint density at radius 1 is 1.61 bits per heavy atom. The summed E-state index contributed by atoms with van der Waals surface area (Å²) in [5.41, 5.74) is 15.2. The van der Waals surface area contributed by atoms with E-state index < -0.39 is 0 Å². The van der Waals surface area contributed by atoms with Gasteiger partial charge in [-0.2, -0.15) is 0 Å². The summed E-state index contributed by atoms with van der Waals surface area (Å²) in [5, 5.41) is 3.95. The van der Waals surface area contributed by atoms with Crippen LogP contribution in [0.25, 0.3) is 10.4 Å². The Hall–Kier alpha value is -1.91. The Morgan fingerprint density at radius 3 is 3.06 bits per heavy atom. The van der Waals surface area contributed by atoms with E-state index in [2.05, 4.69) is 10.0 Å². The van der Waals surface area contributed by atoms with E-state index in [1.54, 1.807) is 23.1 Å². The maximum atomic E-state index is 11.9. The molecule has 0 aromatic heterocycles. The molecule has 1 atom stereocenters. The van der Waals surface area contributed by atoms with E-state index in [-0.39, 0.29) is 11.8 Å². The van der Waals surface area contributed by atoms with Crippen LogP contribution >= 0.6 is 11.6 Å². The molecule has 1 saturated heterocycles. The molecule has 1 heterocycles. The van der Waals surface area contributed by atoms with Crippen LogP contribution in [0.4, 0.5) is 11.4 Å². The Balaban J connectivity index is 2.24. The van der Waals surface area contributed by atoms with Gasteiger partial charge in [-0.05, 0) is 23.6 Å². The molecule has 1 aromatic carbocycles. The molecule has 6 nitrogen and oxygen atoms in total. The molecular weight excluding hydrogens is 254 g/mol. The van der Waals surface area contributed by atoms with Gasteiger partial charge < -0.3 is 10.6 Å². The number of carbonyl (C=O) groups excluding carboxylic acids is 1. The van der Waals surface area contributed by atoms with Crippen LogP contribution in [0.15, 0.2) is 23.3 Å². The van der Waals surface area contributed by atoms with Crippen molar-refractivity contribution < 1.29 is 4.79 Å². The van der Waals surface area contributed by atoms with Crippen LogP contribution in [-0.2, 0) is 4.79 Å². The molecule has 0 radical (unpaired) electrons. The molecule has 1 aliphatic heterocycles. The summed E-state index contributed by atoms with van der Waals surface area (Å²) in [6.07, 6.45) is 0.351. The zero-order valence-electron chi connectivity index (χ0n) is 9.58. The summed E-state index contributed by atoms with van der Waals surface area (Å²) in [7, 11) is 0. The number of rotatable bonds is 3. The van der Waals surface area contributed by atoms with Gasteiger partial charge in [0.1, 0.15) is 0 Å². The first kappa shape index (κ1) is 12.5. The molecule has 0 aliphatic carbocycles. The number of para-hydroxylation sites is 1. The highest BCUT2D eigenvalue weighted by atomic mass is 35.5. The number of anilines is 2. The Labute approximate surface area is 109 Å². The van der Waals surface area contributed by atoms with Crippen molar-refractivity contribution in [1.29, 1.82) is 0 Å². The van der Waals surface area contributed by atoms with Gasteiger partial charge in [-0.3, -0.25) is 4.79 Å². The first-order valence-electron chi connectivity index (χ1n) is 5.48. The number of hydrogen-bond acceptors (Lipinski definition) is 3. The first-order valence-corrected chi connectivity index (χ1v) is 5.86. The van der Waals surface area contributed by atoms with Crippen LogP contribution < -0.4 is 10.6 Å². The number of nitrogens with two attached hydrogens (primary N) is 1. The van der Waals surface area contributed by atoms with E-state index in [0.29, 0.717) is 35.9 Å². The van der Waals surface area contributed by atoms with Crippen molar-refractivity contribution in [2.75, 3.05) is 23.7 Å². The fourth-order valence-corrected chi connectivity index (χ4v) is 2.37. The largest absolute Gasteiger partial charge is 0.397 e. The SMILES string of the molecule is [N-]=[N+]=NCC1CC(=O)N(c2c(N)cccc2Cl)C1. The van der Waals surface area contributed by atoms with Crippen molar-refractivity contribution in [2.45, 2.75) is 6.42 Å². The first-order chi connectivity index (χ1) is 8.63. The summed E-state index contributed by atoms with van der Waals surface area (Å²) in [6, 6.07) is 5.13. The number of benzene rings is 1. The number of nitrogen functional groups attached to an aromatic ring is 1. The van der Waals surface area contributed by atoms with Gasteiger partial charge in [0.2, 0.25) is 5.91 Å². The predicted molar refractivity (Wildman–Crippen MR) is 70.3 cm³/mol. The van der Waals surface area contributed by atoms with Crippen LogP contribution in [0.2, 0.25) is 5.02 Å². The topological polar surface area (TPSA) is 95.1 Å². The fourth-order valence-electron chi connectivity index (χ4n) is 2.09. The lowest BCUT2D eigenvalue weighted by atomic mass is 10.1. The molecule has 1 fully saturated rings. The normalized spacial score (nSPS) is 18.8. The highest BCUT2D eigenvalue weighted by Gasteiger charge is 2.32. The maximum absolute atomic E-state index is 11.9. The molecule has 7 heteroatoms.